The summed E-state index contributed by atoms with van der Waals surface area (Å²) in [6.45, 7) is 7.93. The van der Waals surface area contributed by atoms with Gasteiger partial charge < -0.3 is 24.4 Å². The monoisotopic (exact) mass is 477 g/mol. The topological polar surface area (TPSA) is 114 Å². The first-order chi connectivity index (χ1) is 16.0. The van der Waals surface area contributed by atoms with E-state index in [1.165, 1.54) is 11.8 Å². The molecule has 1 N–H and O–H groups in total. The minimum Gasteiger partial charge on any atom is -0.464 e. The number of carbonyl (C=O) groups excluding carboxylic acids is 4. The molecule has 10 nitrogen and oxygen atoms in total. The molecule has 0 radical (unpaired) electrons. The van der Waals surface area contributed by atoms with Crippen LogP contribution in [-0.4, -0.2) is 84.7 Å². The molecule has 0 aliphatic carbocycles. The molecule has 34 heavy (non-hydrogen) atoms. The Bertz CT molecular complexity index is 839. The summed E-state index contributed by atoms with van der Waals surface area (Å²) in [5.41, 5.74) is 0.240. The summed E-state index contributed by atoms with van der Waals surface area (Å²) in [5, 5.41) is 2.92. The summed E-state index contributed by atoms with van der Waals surface area (Å²) in [5.74, 6) is -0.985. The molecule has 2 rings (SSSR count). The van der Waals surface area contributed by atoms with E-state index in [2.05, 4.69) is 5.32 Å². The van der Waals surface area contributed by atoms with E-state index < -0.39 is 29.7 Å². The lowest BCUT2D eigenvalue weighted by atomic mass is 10.1. The highest BCUT2D eigenvalue weighted by atomic mass is 16.6. The van der Waals surface area contributed by atoms with Crippen LogP contribution in [0.1, 0.15) is 39.7 Å². The van der Waals surface area contributed by atoms with Gasteiger partial charge in [0, 0.05) is 39.5 Å². The highest BCUT2D eigenvalue weighted by molar-refractivity contribution is 5.77. The lowest BCUT2D eigenvalue weighted by Crippen LogP contribution is -2.59. The van der Waals surface area contributed by atoms with Gasteiger partial charge in [-0.05, 0) is 26.3 Å². The van der Waals surface area contributed by atoms with Crippen molar-refractivity contribution < 1.29 is 33.4 Å². The van der Waals surface area contributed by atoms with Crippen molar-refractivity contribution in [3.05, 3.63) is 35.9 Å². The molecule has 0 spiro atoms. The fourth-order valence-corrected chi connectivity index (χ4v) is 3.33. The minimum absolute atomic E-state index is 0.00160. The van der Waals surface area contributed by atoms with Gasteiger partial charge in [-0.1, -0.05) is 30.3 Å². The van der Waals surface area contributed by atoms with Gasteiger partial charge in [0.15, 0.2) is 0 Å². The van der Waals surface area contributed by atoms with Crippen LogP contribution in [0.2, 0.25) is 0 Å². The standard InChI is InChI=1S/C24H35N3O7/c1-18(28)32-17-20-15-26(12-13-27(20)23(31)34-24(2,3)4)21(29)10-11-25-14-22(30)33-16-19-8-6-5-7-9-19/h5-9,20,25H,10-17H2,1-4H3. The fourth-order valence-electron chi connectivity index (χ4n) is 3.33. The van der Waals surface area contributed by atoms with Crippen LogP contribution in [0.3, 0.4) is 0 Å². The zero-order valence-electron chi connectivity index (χ0n) is 20.4. The van der Waals surface area contributed by atoms with E-state index in [1.807, 2.05) is 30.3 Å². The Morgan fingerprint density at radius 2 is 1.76 bits per heavy atom. The van der Waals surface area contributed by atoms with E-state index in [4.69, 9.17) is 14.2 Å². The first-order valence-corrected chi connectivity index (χ1v) is 11.4. The highest BCUT2D eigenvalue weighted by Gasteiger charge is 2.35. The SMILES string of the molecule is CC(=O)OCC1CN(C(=O)CCNCC(=O)OCc2ccccc2)CCN1C(=O)OC(C)(C)C. The second-order valence-electron chi connectivity index (χ2n) is 9.04. The van der Waals surface area contributed by atoms with Gasteiger partial charge in [-0.25, -0.2) is 4.79 Å². The normalized spacial score (nSPS) is 16.1. The van der Waals surface area contributed by atoms with Crippen molar-refractivity contribution in [2.24, 2.45) is 0 Å². The Balaban J connectivity index is 1.77. The summed E-state index contributed by atoms with van der Waals surface area (Å²) in [6.07, 6.45) is -0.328. The number of amides is 2. The predicted octanol–water partition coefficient (Wildman–Crippen LogP) is 1.72. The zero-order valence-corrected chi connectivity index (χ0v) is 20.4. The Hall–Kier alpha value is -3.14. The van der Waals surface area contributed by atoms with Crippen molar-refractivity contribution >= 4 is 23.9 Å². The Morgan fingerprint density at radius 3 is 2.41 bits per heavy atom. The summed E-state index contributed by atoms with van der Waals surface area (Å²) in [4.78, 5) is 51.5. The molecule has 0 saturated carbocycles. The third-order valence-electron chi connectivity index (χ3n) is 4.97. The molecule has 1 unspecified atom stereocenters. The maximum atomic E-state index is 12.7. The Morgan fingerprint density at radius 1 is 1.06 bits per heavy atom. The molecular formula is C24H35N3O7. The molecule has 0 bridgehead atoms. The molecule has 188 valence electrons. The number of rotatable bonds is 9. The molecular weight excluding hydrogens is 442 g/mol. The molecule has 1 aromatic carbocycles. The van der Waals surface area contributed by atoms with E-state index in [-0.39, 0.29) is 45.2 Å². The van der Waals surface area contributed by atoms with Gasteiger partial charge in [0.1, 0.15) is 18.8 Å². The van der Waals surface area contributed by atoms with Gasteiger partial charge in [0.05, 0.1) is 12.6 Å². The highest BCUT2D eigenvalue weighted by Crippen LogP contribution is 2.17. The van der Waals surface area contributed by atoms with Crippen molar-refractivity contribution in [1.29, 1.82) is 0 Å². The summed E-state index contributed by atoms with van der Waals surface area (Å²) in [6, 6.07) is 8.87. The first-order valence-electron chi connectivity index (χ1n) is 11.4. The van der Waals surface area contributed by atoms with Crippen LogP contribution >= 0.6 is 0 Å². The Labute approximate surface area is 200 Å². The molecule has 0 aromatic heterocycles. The molecule has 1 aliphatic heterocycles. The van der Waals surface area contributed by atoms with Crippen LogP contribution in [-0.2, 0) is 35.2 Å². The molecule has 1 heterocycles. The molecule has 2 amide bonds. The van der Waals surface area contributed by atoms with Gasteiger partial charge in [0.25, 0.3) is 0 Å². The van der Waals surface area contributed by atoms with E-state index in [1.54, 1.807) is 25.7 Å². The van der Waals surface area contributed by atoms with Gasteiger partial charge in [-0.2, -0.15) is 0 Å². The lowest BCUT2D eigenvalue weighted by molar-refractivity contribution is -0.145. The number of ether oxygens (including phenoxy) is 3. The second-order valence-corrected chi connectivity index (χ2v) is 9.04. The van der Waals surface area contributed by atoms with Crippen LogP contribution in [0.5, 0.6) is 0 Å². The van der Waals surface area contributed by atoms with Crippen LogP contribution in [0.25, 0.3) is 0 Å². The molecule has 1 saturated heterocycles. The third kappa shape index (κ3) is 9.78. The summed E-state index contributed by atoms with van der Waals surface area (Å²) >= 11 is 0. The maximum Gasteiger partial charge on any atom is 0.410 e. The Kier molecular flexibility index (Phi) is 10.3. The quantitative estimate of drug-likeness (QED) is 0.325. The van der Waals surface area contributed by atoms with Crippen LogP contribution in [0.15, 0.2) is 30.3 Å². The summed E-state index contributed by atoms with van der Waals surface area (Å²) in [7, 11) is 0. The maximum absolute atomic E-state index is 12.7. The van der Waals surface area contributed by atoms with Gasteiger partial charge in [-0.15, -0.1) is 0 Å². The van der Waals surface area contributed by atoms with Crippen molar-refractivity contribution in [2.75, 3.05) is 39.3 Å². The van der Waals surface area contributed by atoms with Crippen molar-refractivity contribution in [2.45, 2.75) is 52.4 Å². The van der Waals surface area contributed by atoms with Crippen molar-refractivity contribution in [3.8, 4) is 0 Å². The zero-order chi connectivity index (χ0) is 25.1. The van der Waals surface area contributed by atoms with Crippen LogP contribution < -0.4 is 5.32 Å². The van der Waals surface area contributed by atoms with E-state index in [0.717, 1.165) is 5.56 Å². The van der Waals surface area contributed by atoms with Crippen molar-refractivity contribution in [1.82, 2.24) is 15.1 Å². The lowest BCUT2D eigenvalue weighted by Gasteiger charge is -2.41. The molecule has 1 aliphatic rings. The minimum atomic E-state index is -0.663. The smallest absolute Gasteiger partial charge is 0.410 e. The number of nitrogens with zero attached hydrogens (tertiary/aromatic N) is 2. The molecule has 1 atom stereocenters. The van der Waals surface area contributed by atoms with Crippen LogP contribution in [0, 0.1) is 0 Å². The average Bonchev–Trinajstić information content (AvgIpc) is 2.78. The second kappa shape index (κ2) is 12.9. The summed E-state index contributed by atoms with van der Waals surface area (Å²) < 4.78 is 15.8. The number of carbonyl (C=O) groups is 4. The van der Waals surface area contributed by atoms with E-state index >= 15 is 0 Å². The number of hydrogen-bond donors (Lipinski definition) is 1. The number of piperazine rings is 1. The van der Waals surface area contributed by atoms with Gasteiger partial charge >= 0.3 is 18.0 Å². The number of hydrogen-bond acceptors (Lipinski definition) is 8. The van der Waals surface area contributed by atoms with Gasteiger partial charge in [0.2, 0.25) is 5.91 Å². The van der Waals surface area contributed by atoms with E-state index in [0.29, 0.717) is 13.1 Å². The number of nitrogens with one attached hydrogen (secondary N) is 1. The molecule has 10 heteroatoms. The van der Waals surface area contributed by atoms with Gasteiger partial charge in [-0.3, -0.25) is 19.3 Å². The van der Waals surface area contributed by atoms with Crippen LogP contribution in [0.4, 0.5) is 4.79 Å². The predicted molar refractivity (Wildman–Crippen MR) is 124 cm³/mol. The first kappa shape index (κ1) is 27.1. The molecule has 1 aromatic rings. The fraction of sp³-hybridized carbons (Fsp3) is 0.583. The largest absolute Gasteiger partial charge is 0.464 e. The number of benzene rings is 1. The van der Waals surface area contributed by atoms with Crippen molar-refractivity contribution in [3.63, 3.8) is 0 Å². The number of esters is 2. The van der Waals surface area contributed by atoms with E-state index in [9.17, 15) is 19.2 Å². The third-order valence-corrected chi connectivity index (χ3v) is 4.97. The average molecular weight is 478 g/mol. The molecule has 1 fully saturated rings.